The lowest BCUT2D eigenvalue weighted by Crippen LogP contribution is -2.32. The number of fused-ring (bicyclic) bond motifs is 1. The molecule has 0 saturated heterocycles. The predicted octanol–water partition coefficient (Wildman–Crippen LogP) is 1.97. The van der Waals surface area contributed by atoms with Gasteiger partial charge in [-0.2, -0.15) is 0 Å². The lowest BCUT2D eigenvalue weighted by molar-refractivity contribution is -0.129. The summed E-state index contributed by atoms with van der Waals surface area (Å²) in [4.78, 5) is 11.1. The zero-order chi connectivity index (χ0) is 16.6. The summed E-state index contributed by atoms with van der Waals surface area (Å²) in [7, 11) is -4.14. The Labute approximate surface area is 132 Å². The molecule has 1 amide bonds. The average molecular weight is 336 g/mol. The van der Waals surface area contributed by atoms with Gasteiger partial charge in [-0.15, -0.1) is 0 Å². The predicted molar refractivity (Wildman–Crippen MR) is 79.8 cm³/mol. The highest BCUT2D eigenvalue weighted by Gasteiger charge is 2.45. The standard InChI is InChI=1S/C15H13FN2O4S/c16-12-8-4-7-11-13(9-14(19)17-20)18(23(21,22)15(11)12)10-5-2-1-3-6-10/h1-8,13,20H,9H2,(H,17,19). The fourth-order valence-corrected chi connectivity index (χ4v) is 4.70. The number of nitrogens with one attached hydrogen (secondary N) is 1. The largest absolute Gasteiger partial charge is 0.289 e. The zero-order valence-electron chi connectivity index (χ0n) is 11.8. The van der Waals surface area contributed by atoms with Crippen molar-refractivity contribution >= 4 is 21.6 Å². The fourth-order valence-electron chi connectivity index (χ4n) is 2.76. The second-order valence-corrected chi connectivity index (χ2v) is 6.80. The molecule has 1 atom stereocenters. The molecule has 2 aromatic carbocycles. The number of rotatable bonds is 3. The van der Waals surface area contributed by atoms with E-state index in [-0.39, 0.29) is 12.0 Å². The number of benzene rings is 2. The van der Waals surface area contributed by atoms with Gasteiger partial charge >= 0.3 is 0 Å². The van der Waals surface area contributed by atoms with Crippen LogP contribution in [0.25, 0.3) is 0 Å². The highest BCUT2D eigenvalue weighted by molar-refractivity contribution is 7.93. The Morgan fingerprint density at radius 3 is 2.52 bits per heavy atom. The van der Waals surface area contributed by atoms with Crippen molar-refractivity contribution in [2.45, 2.75) is 17.4 Å². The van der Waals surface area contributed by atoms with Crippen molar-refractivity contribution in [3.8, 4) is 0 Å². The van der Waals surface area contributed by atoms with E-state index in [0.717, 1.165) is 10.4 Å². The molecule has 23 heavy (non-hydrogen) atoms. The van der Waals surface area contributed by atoms with Gasteiger partial charge in [0, 0.05) is 0 Å². The average Bonchev–Trinajstić information content (AvgIpc) is 2.76. The van der Waals surface area contributed by atoms with E-state index in [2.05, 4.69) is 0 Å². The quantitative estimate of drug-likeness (QED) is 0.663. The lowest BCUT2D eigenvalue weighted by Gasteiger charge is -2.25. The van der Waals surface area contributed by atoms with Gasteiger partial charge in [-0.25, -0.2) is 18.3 Å². The fraction of sp³-hybridized carbons (Fsp3) is 0.133. The van der Waals surface area contributed by atoms with Crippen LogP contribution in [0.3, 0.4) is 0 Å². The molecule has 2 aromatic rings. The van der Waals surface area contributed by atoms with Crippen molar-refractivity contribution in [3.05, 3.63) is 59.9 Å². The molecule has 0 radical (unpaired) electrons. The lowest BCUT2D eigenvalue weighted by atomic mass is 10.0. The second kappa shape index (κ2) is 5.64. The second-order valence-electron chi connectivity index (χ2n) is 5.05. The van der Waals surface area contributed by atoms with Crippen LogP contribution in [0.4, 0.5) is 10.1 Å². The van der Waals surface area contributed by atoms with Gasteiger partial charge in [0.1, 0.15) is 10.7 Å². The van der Waals surface area contributed by atoms with Crippen LogP contribution in [-0.2, 0) is 14.8 Å². The molecular weight excluding hydrogens is 323 g/mol. The normalized spacial score (nSPS) is 18.5. The molecule has 0 bridgehead atoms. The third-order valence-corrected chi connectivity index (χ3v) is 5.60. The van der Waals surface area contributed by atoms with Gasteiger partial charge < -0.3 is 0 Å². The number of hydroxylamine groups is 1. The minimum Gasteiger partial charge on any atom is -0.289 e. The van der Waals surface area contributed by atoms with Crippen LogP contribution in [0.1, 0.15) is 18.0 Å². The summed E-state index contributed by atoms with van der Waals surface area (Å²) in [5, 5.41) is 8.74. The summed E-state index contributed by atoms with van der Waals surface area (Å²) < 4.78 is 40.7. The Morgan fingerprint density at radius 1 is 1.17 bits per heavy atom. The molecule has 120 valence electrons. The molecule has 2 N–H and O–H groups in total. The molecule has 8 heteroatoms. The molecule has 1 aliphatic heterocycles. The van der Waals surface area contributed by atoms with E-state index in [1.807, 2.05) is 0 Å². The van der Waals surface area contributed by atoms with Gasteiger partial charge in [-0.3, -0.25) is 14.3 Å². The monoisotopic (exact) mass is 336 g/mol. The topological polar surface area (TPSA) is 86.7 Å². The summed E-state index contributed by atoms with van der Waals surface area (Å²) in [5.41, 5.74) is 1.99. The Hall–Kier alpha value is -2.45. The Morgan fingerprint density at radius 2 is 1.87 bits per heavy atom. The summed E-state index contributed by atoms with van der Waals surface area (Å²) in [5.74, 6) is -1.63. The number of halogens is 1. The molecular formula is C15H13FN2O4S. The molecule has 0 saturated carbocycles. The molecule has 0 aromatic heterocycles. The van der Waals surface area contributed by atoms with Crippen LogP contribution in [0.15, 0.2) is 53.4 Å². The zero-order valence-corrected chi connectivity index (χ0v) is 12.6. The molecule has 0 aliphatic carbocycles. The van der Waals surface area contributed by atoms with Gasteiger partial charge in [0.05, 0.1) is 18.2 Å². The van der Waals surface area contributed by atoms with E-state index in [1.54, 1.807) is 30.3 Å². The van der Waals surface area contributed by atoms with Crippen molar-refractivity contribution in [1.82, 2.24) is 5.48 Å². The molecule has 1 heterocycles. The molecule has 6 nitrogen and oxygen atoms in total. The van der Waals surface area contributed by atoms with Gasteiger partial charge in [0.2, 0.25) is 5.91 Å². The van der Waals surface area contributed by atoms with Crippen LogP contribution < -0.4 is 9.79 Å². The van der Waals surface area contributed by atoms with Gasteiger partial charge in [-0.1, -0.05) is 30.3 Å². The van der Waals surface area contributed by atoms with Crippen molar-refractivity contribution in [2.24, 2.45) is 0 Å². The minimum absolute atomic E-state index is 0.192. The van der Waals surface area contributed by atoms with E-state index in [0.29, 0.717) is 5.69 Å². The smallest absolute Gasteiger partial charge is 0.268 e. The maximum Gasteiger partial charge on any atom is 0.268 e. The van der Waals surface area contributed by atoms with Crippen molar-refractivity contribution in [3.63, 3.8) is 0 Å². The van der Waals surface area contributed by atoms with E-state index in [1.165, 1.54) is 17.6 Å². The van der Waals surface area contributed by atoms with Gasteiger partial charge in [0.15, 0.2) is 0 Å². The number of nitrogens with zero attached hydrogens (tertiary/aromatic N) is 1. The first-order valence-corrected chi connectivity index (χ1v) is 8.21. The van der Waals surface area contributed by atoms with Gasteiger partial charge in [0.25, 0.3) is 10.0 Å². The van der Waals surface area contributed by atoms with Crippen LogP contribution in [0, 0.1) is 5.82 Å². The van der Waals surface area contributed by atoms with E-state index in [4.69, 9.17) is 5.21 Å². The highest BCUT2D eigenvalue weighted by atomic mass is 32.2. The highest BCUT2D eigenvalue weighted by Crippen LogP contribution is 2.45. The summed E-state index contributed by atoms with van der Waals surface area (Å²) in [6.45, 7) is 0. The SMILES string of the molecule is O=C(CC1c2cccc(F)c2S(=O)(=O)N1c1ccccc1)NO. The first-order chi connectivity index (χ1) is 11.0. The molecule has 0 spiro atoms. The van der Waals surface area contributed by atoms with E-state index < -0.39 is 32.7 Å². The molecule has 1 aliphatic rings. The van der Waals surface area contributed by atoms with Crippen LogP contribution in [-0.4, -0.2) is 19.5 Å². The van der Waals surface area contributed by atoms with Crippen molar-refractivity contribution < 1.29 is 22.8 Å². The number of anilines is 1. The van der Waals surface area contributed by atoms with Crippen LogP contribution >= 0.6 is 0 Å². The summed E-state index contributed by atoms with van der Waals surface area (Å²) >= 11 is 0. The maximum atomic E-state index is 14.1. The third-order valence-electron chi connectivity index (χ3n) is 3.67. The number of carbonyl (C=O) groups excluding carboxylic acids is 1. The number of carbonyl (C=O) groups is 1. The first-order valence-electron chi connectivity index (χ1n) is 6.77. The van der Waals surface area contributed by atoms with Crippen molar-refractivity contribution in [2.75, 3.05) is 4.31 Å². The molecule has 3 rings (SSSR count). The third kappa shape index (κ3) is 2.45. The Kier molecular flexibility index (Phi) is 3.78. The summed E-state index contributed by atoms with van der Waals surface area (Å²) in [6.07, 6.45) is -0.332. The minimum atomic E-state index is -4.14. The number of para-hydroxylation sites is 1. The number of amides is 1. The molecule has 1 unspecified atom stereocenters. The van der Waals surface area contributed by atoms with Crippen LogP contribution in [0.2, 0.25) is 0 Å². The van der Waals surface area contributed by atoms with E-state index in [9.17, 15) is 17.6 Å². The number of sulfonamides is 1. The van der Waals surface area contributed by atoms with E-state index >= 15 is 0 Å². The Balaban J connectivity index is 2.21. The Bertz CT molecular complexity index is 855. The first kappa shape index (κ1) is 15.4. The summed E-state index contributed by atoms with van der Waals surface area (Å²) in [6, 6.07) is 11.1. The van der Waals surface area contributed by atoms with Crippen molar-refractivity contribution in [1.29, 1.82) is 0 Å². The number of hydrogen-bond donors (Lipinski definition) is 2. The number of hydrogen-bond acceptors (Lipinski definition) is 4. The van der Waals surface area contributed by atoms with Gasteiger partial charge in [-0.05, 0) is 23.8 Å². The van der Waals surface area contributed by atoms with Crippen LogP contribution in [0.5, 0.6) is 0 Å². The maximum absolute atomic E-state index is 14.1. The molecule has 0 fully saturated rings.